The molecule has 3 aromatic rings. The Labute approximate surface area is 187 Å². The summed E-state index contributed by atoms with van der Waals surface area (Å²) in [5.74, 6) is 0. The van der Waals surface area contributed by atoms with Crippen LogP contribution in [0.5, 0.6) is 0 Å². The van der Waals surface area contributed by atoms with Crippen LogP contribution in [0.1, 0.15) is 6.04 Å². The van der Waals surface area contributed by atoms with E-state index >= 15 is 0 Å². The number of thiazole rings is 1. The molecule has 0 radical (unpaired) electrons. The maximum absolute atomic E-state index is 11.0. The van der Waals surface area contributed by atoms with Crippen LogP contribution in [0.4, 0.5) is 0 Å². The van der Waals surface area contributed by atoms with Crippen LogP contribution in [0, 0.1) is 0 Å². The van der Waals surface area contributed by atoms with Gasteiger partial charge in [0.25, 0.3) is 0 Å². The summed E-state index contributed by atoms with van der Waals surface area (Å²) in [7, 11) is 0. The summed E-state index contributed by atoms with van der Waals surface area (Å²) < 4.78 is 8.03. The summed E-state index contributed by atoms with van der Waals surface area (Å²) in [5, 5.41) is 38.4. The lowest BCUT2D eigenvalue weighted by Crippen LogP contribution is -2.54. The molecule has 2 unspecified atom stereocenters. The standard InChI is InChI=1S/C17H16BrClN4O4S2/c18-9-1-10(4-20-3-9)29-17-15(26)13(14(25)11(6-24)27-17)23-5-8(2-21-23)16-22-12(19)7-28-16/h1-5,7,11,13-15,17,24-26H,6H2/t11?,13-,14-,15?,17+/m0/s1. The molecule has 3 N–H and O–H groups in total. The zero-order valence-corrected chi connectivity index (χ0v) is 18.6. The number of aliphatic hydroxyl groups excluding tert-OH is 3. The van der Waals surface area contributed by atoms with Crippen molar-refractivity contribution in [2.45, 2.75) is 34.7 Å². The number of halogens is 2. The van der Waals surface area contributed by atoms with Crippen molar-refractivity contribution in [1.82, 2.24) is 19.7 Å². The van der Waals surface area contributed by atoms with E-state index in [1.165, 1.54) is 27.8 Å². The predicted molar refractivity (Wildman–Crippen MR) is 113 cm³/mol. The van der Waals surface area contributed by atoms with Crippen LogP contribution in [-0.4, -0.2) is 65.4 Å². The number of rotatable bonds is 5. The SMILES string of the molecule is OCC1O[C@H](Sc2cncc(Br)c2)C(O)[C@@H](n2cc(-c3nc(Cl)cs3)cn2)[C@H]1O. The van der Waals surface area contributed by atoms with Gasteiger partial charge >= 0.3 is 0 Å². The molecule has 4 heterocycles. The normalized spacial score (nSPS) is 27.3. The average Bonchev–Trinajstić information content (AvgIpc) is 3.33. The van der Waals surface area contributed by atoms with E-state index in [4.69, 9.17) is 16.3 Å². The van der Waals surface area contributed by atoms with Gasteiger partial charge in [0.1, 0.15) is 40.0 Å². The van der Waals surface area contributed by atoms with Crippen molar-refractivity contribution in [3.63, 3.8) is 0 Å². The van der Waals surface area contributed by atoms with Crippen LogP contribution in [0.3, 0.4) is 0 Å². The van der Waals surface area contributed by atoms with Crippen LogP contribution in [0.15, 0.2) is 45.6 Å². The molecule has 1 aliphatic heterocycles. The summed E-state index contributed by atoms with van der Waals surface area (Å²) in [5.41, 5.74) is -0.0210. The molecule has 0 aromatic carbocycles. The van der Waals surface area contributed by atoms with Crippen molar-refractivity contribution in [3.05, 3.63) is 45.9 Å². The van der Waals surface area contributed by atoms with E-state index in [9.17, 15) is 15.3 Å². The van der Waals surface area contributed by atoms with E-state index in [0.717, 1.165) is 9.37 Å². The Morgan fingerprint density at radius 1 is 1.28 bits per heavy atom. The Hall–Kier alpha value is -1.05. The lowest BCUT2D eigenvalue weighted by molar-refractivity contribution is -0.178. The minimum atomic E-state index is -1.15. The van der Waals surface area contributed by atoms with Crippen molar-refractivity contribution < 1.29 is 20.1 Å². The molecule has 0 bridgehead atoms. The molecular formula is C17H16BrClN4O4S2. The molecule has 0 amide bonds. The van der Waals surface area contributed by atoms with Gasteiger partial charge in [0.15, 0.2) is 0 Å². The first-order valence-electron chi connectivity index (χ1n) is 8.51. The Bertz CT molecular complexity index is 990. The summed E-state index contributed by atoms with van der Waals surface area (Å²) in [6, 6.07) is 1.03. The Kier molecular flexibility index (Phi) is 6.56. The lowest BCUT2D eigenvalue weighted by Gasteiger charge is -2.42. The number of nitrogens with zero attached hydrogens (tertiary/aromatic N) is 4. The molecule has 0 spiro atoms. The van der Waals surface area contributed by atoms with Crippen LogP contribution in [0.2, 0.25) is 5.15 Å². The second-order valence-corrected chi connectivity index (χ2v) is 9.67. The number of aromatic nitrogens is 4. The Balaban J connectivity index is 1.61. The Morgan fingerprint density at radius 3 is 2.79 bits per heavy atom. The predicted octanol–water partition coefficient (Wildman–Crippen LogP) is 2.59. The number of hydrogen-bond donors (Lipinski definition) is 3. The second-order valence-electron chi connectivity index (χ2n) is 6.34. The highest BCUT2D eigenvalue weighted by Gasteiger charge is 2.46. The third-order valence-corrected chi connectivity index (χ3v) is 7.18. The molecule has 154 valence electrons. The van der Waals surface area contributed by atoms with Crippen molar-refractivity contribution in [3.8, 4) is 10.6 Å². The van der Waals surface area contributed by atoms with E-state index in [1.54, 1.807) is 30.2 Å². The third kappa shape index (κ3) is 4.52. The van der Waals surface area contributed by atoms with Gasteiger partial charge < -0.3 is 20.1 Å². The number of hydrogen-bond acceptors (Lipinski definition) is 9. The number of thioether (sulfide) groups is 1. The minimum absolute atomic E-state index is 0.392. The highest BCUT2D eigenvalue weighted by Crippen LogP contribution is 2.38. The quantitative estimate of drug-likeness (QED) is 0.471. The van der Waals surface area contributed by atoms with Gasteiger partial charge in [0.2, 0.25) is 0 Å². The smallest absolute Gasteiger partial charge is 0.140 e. The van der Waals surface area contributed by atoms with Crippen molar-refractivity contribution in [1.29, 1.82) is 0 Å². The zero-order chi connectivity index (χ0) is 20.5. The second kappa shape index (κ2) is 8.98. The van der Waals surface area contributed by atoms with Crippen LogP contribution in [-0.2, 0) is 4.74 Å². The first-order chi connectivity index (χ1) is 14.0. The molecule has 1 fully saturated rings. The van der Waals surface area contributed by atoms with Gasteiger partial charge in [0.05, 0.1) is 12.8 Å². The lowest BCUT2D eigenvalue weighted by atomic mass is 9.97. The molecule has 8 nitrogen and oxygen atoms in total. The van der Waals surface area contributed by atoms with Gasteiger partial charge in [0, 0.05) is 38.9 Å². The van der Waals surface area contributed by atoms with Gasteiger partial charge in [-0.05, 0) is 22.0 Å². The van der Waals surface area contributed by atoms with Crippen LogP contribution >= 0.6 is 50.6 Å². The largest absolute Gasteiger partial charge is 0.394 e. The van der Waals surface area contributed by atoms with Gasteiger partial charge in [-0.25, -0.2) is 4.98 Å². The number of pyridine rings is 1. The third-order valence-electron chi connectivity index (χ3n) is 4.41. The molecule has 0 saturated carbocycles. The molecule has 1 aliphatic rings. The molecule has 12 heteroatoms. The van der Waals surface area contributed by atoms with E-state index in [-0.39, 0.29) is 0 Å². The van der Waals surface area contributed by atoms with Crippen LogP contribution in [0.25, 0.3) is 10.6 Å². The molecule has 1 saturated heterocycles. The van der Waals surface area contributed by atoms with E-state index in [1.807, 2.05) is 6.07 Å². The van der Waals surface area contributed by atoms with Gasteiger partial charge in [-0.1, -0.05) is 23.4 Å². The van der Waals surface area contributed by atoms with Crippen molar-refractivity contribution in [2.75, 3.05) is 6.61 Å². The summed E-state index contributed by atoms with van der Waals surface area (Å²) in [6.45, 7) is -0.394. The fourth-order valence-electron chi connectivity index (χ4n) is 3.07. The highest BCUT2D eigenvalue weighted by molar-refractivity contribution is 9.10. The first kappa shape index (κ1) is 21.2. The summed E-state index contributed by atoms with van der Waals surface area (Å²) in [6.07, 6.45) is 3.47. The monoisotopic (exact) mass is 518 g/mol. The molecule has 5 atom stereocenters. The van der Waals surface area contributed by atoms with Gasteiger partial charge in [-0.15, -0.1) is 11.3 Å². The van der Waals surface area contributed by atoms with Crippen LogP contribution < -0.4 is 0 Å². The average molecular weight is 520 g/mol. The highest BCUT2D eigenvalue weighted by atomic mass is 79.9. The molecule has 0 aliphatic carbocycles. The van der Waals surface area contributed by atoms with E-state index in [2.05, 4.69) is 31.0 Å². The maximum Gasteiger partial charge on any atom is 0.140 e. The summed E-state index contributed by atoms with van der Waals surface area (Å²) in [4.78, 5) is 9.09. The topological polar surface area (TPSA) is 114 Å². The molecule has 3 aromatic heterocycles. The fourth-order valence-corrected chi connectivity index (χ4v) is 5.59. The molecule has 29 heavy (non-hydrogen) atoms. The van der Waals surface area contributed by atoms with Gasteiger partial charge in [-0.2, -0.15) is 5.10 Å². The van der Waals surface area contributed by atoms with E-state index < -0.39 is 36.4 Å². The Morgan fingerprint density at radius 2 is 2.10 bits per heavy atom. The summed E-state index contributed by atoms with van der Waals surface area (Å²) >= 11 is 11.9. The van der Waals surface area contributed by atoms with Gasteiger partial charge in [-0.3, -0.25) is 9.67 Å². The van der Waals surface area contributed by atoms with E-state index in [0.29, 0.717) is 15.7 Å². The first-order valence-corrected chi connectivity index (χ1v) is 11.4. The minimum Gasteiger partial charge on any atom is -0.394 e. The van der Waals surface area contributed by atoms with Crippen molar-refractivity contribution >= 4 is 50.6 Å². The number of ether oxygens (including phenoxy) is 1. The zero-order valence-electron chi connectivity index (χ0n) is 14.7. The molecular weight excluding hydrogens is 504 g/mol. The van der Waals surface area contributed by atoms with Crippen molar-refractivity contribution in [2.24, 2.45) is 0 Å². The maximum atomic E-state index is 11.0. The number of aliphatic hydroxyl groups is 3. The molecule has 4 rings (SSSR count). The fraction of sp³-hybridized carbons (Fsp3) is 0.353.